The zero-order chi connectivity index (χ0) is 27.3. The maximum atomic E-state index is 3.73. The Morgan fingerprint density at radius 1 is 0.325 bits per heavy atom. The normalized spacial score (nSPS) is 10.3. The first kappa shape index (κ1) is 25.9. The van der Waals surface area contributed by atoms with Gasteiger partial charge in [-0.1, -0.05) is 121 Å². The van der Waals surface area contributed by atoms with Crippen LogP contribution in [-0.2, 0) is 0 Å². The monoisotopic (exact) mass is 636 g/mol. The third-order valence-corrected chi connectivity index (χ3v) is 8.07. The molecule has 0 bridgehead atoms. The highest BCUT2D eigenvalue weighted by molar-refractivity contribution is 9.10. The molecule has 0 spiro atoms. The molecular formula is C38H22Br2. The molecule has 0 saturated carbocycles. The van der Waals surface area contributed by atoms with E-state index in [1.165, 1.54) is 22.3 Å². The minimum absolute atomic E-state index is 0.951. The maximum Gasteiger partial charge on any atom is 0.0470 e. The van der Waals surface area contributed by atoms with Gasteiger partial charge in [-0.15, -0.1) is 0 Å². The van der Waals surface area contributed by atoms with Gasteiger partial charge in [0.05, 0.1) is 0 Å². The van der Waals surface area contributed by atoms with Crippen LogP contribution >= 0.6 is 31.9 Å². The summed E-state index contributed by atoms with van der Waals surface area (Å²) in [6.45, 7) is 0. The molecular weight excluding hydrogens is 616 g/mol. The topological polar surface area (TPSA) is 0 Å². The molecule has 0 aromatic heterocycles. The van der Waals surface area contributed by atoms with Crippen LogP contribution in [0.25, 0.3) is 33.0 Å². The average molecular weight is 638 g/mol. The minimum Gasteiger partial charge on any atom is -0.0622 e. The van der Waals surface area contributed by atoms with Gasteiger partial charge in [-0.3, -0.25) is 0 Å². The van der Waals surface area contributed by atoms with Crippen LogP contribution in [0.5, 0.6) is 0 Å². The summed E-state index contributed by atoms with van der Waals surface area (Å²) in [5, 5.41) is 2.13. The van der Waals surface area contributed by atoms with E-state index in [2.05, 4.69) is 177 Å². The van der Waals surface area contributed by atoms with Gasteiger partial charge in [-0.2, -0.15) is 0 Å². The van der Waals surface area contributed by atoms with Gasteiger partial charge in [-0.25, -0.2) is 0 Å². The van der Waals surface area contributed by atoms with E-state index in [-0.39, 0.29) is 0 Å². The lowest BCUT2D eigenvalue weighted by Gasteiger charge is -2.08. The van der Waals surface area contributed by atoms with Crippen LogP contribution in [0, 0.1) is 23.7 Å². The Morgan fingerprint density at radius 3 is 1.05 bits per heavy atom. The van der Waals surface area contributed by atoms with Gasteiger partial charge in [0.25, 0.3) is 0 Å². The molecule has 6 aromatic carbocycles. The first-order valence-corrected chi connectivity index (χ1v) is 14.5. The summed E-state index contributed by atoms with van der Waals surface area (Å²) in [6, 6.07) is 45.8. The number of halogens is 2. The third-order valence-electron chi connectivity index (χ3n) is 6.75. The molecule has 6 aromatic rings. The first-order valence-electron chi connectivity index (χ1n) is 12.9. The molecule has 0 aliphatic rings. The molecule has 2 heteroatoms. The lowest BCUT2D eigenvalue weighted by molar-refractivity contribution is 1.58. The molecule has 0 radical (unpaired) electrons. The second-order valence-corrected chi connectivity index (χ2v) is 11.0. The van der Waals surface area contributed by atoms with Crippen LogP contribution in [0.3, 0.4) is 0 Å². The number of fused-ring (bicyclic) bond motifs is 1. The summed E-state index contributed by atoms with van der Waals surface area (Å²) in [4.78, 5) is 0. The predicted molar refractivity (Wildman–Crippen MR) is 175 cm³/mol. The fourth-order valence-corrected chi connectivity index (χ4v) is 5.52. The van der Waals surface area contributed by atoms with E-state index in [0.29, 0.717) is 0 Å². The van der Waals surface area contributed by atoms with E-state index in [0.717, 1.165) is 42.0 Å². The minimum atomic E-state index is 0.951. The lowest BCUT2D eigenvalue weighted by Crippen LogP contribution is -1.88. The zero-order valence-electron chi connectivity index (χ0n) is 21.5. The van der Waals surface area contributed by atoms with E-state index in [1.807, 2.05) is 12.1 Å². The van der Waals surface area contributed by atoms with Gasteiger partial charge in [-0.05, 0) is 101 Å². The summed E-state index contributed by atoms with van der Waals surface area (Å²) in [7, 11) is 0. The highest BCUT2D eigenvalue weighted by atomic mass is 79.9. The highest BCUT2D eigenvalue weighted by Crippen LogP contribution is 2.32. The largest absolute Gasteiger partial charge is 0.0622 e. The van der Waals surface area contributed by atoms with Crippen molar-refractivity contribution in [2.75, 3.05) is 0 Å². The summed E-state index contributed by atoms with van der Waals surface area (Å²) in [5.41, 5.74) is 8.61. The van der Waals surface area contributed by atoms with Crippen LogP contribution < -0.4 is 0 Å². The molecule has 0 aliphatic heterocycles. The maximum absolute atomic E-state index is 3.73. The molecule has 0 aliphatic carbocycles. The zero-order valence-corrected chi connectivity index (χ0v) is 24.6. The van der Waals surface area contributed by atoms with Crippen molar-refractivity contribution in [3.8, 4) is 45.9 Å². The summed E-state index contributed by atoms with van der Waals surface area (Å²) in [6.07, 6.45) is 0. The van der Waals surface area contributed by atoms with Gasteiger partial charge in [0, 0.05) is 31.2 Å². The molecule has 0 nitrogen and oxygen atoms in total. The smallest absolute Gasteiger partial charge is 0.0470 e. The van der Waals surface area contributed by atoms with Gasteiger partial charge >= 0.3 is 0 Å². The van der Waals surface area contributed by atoms with Crippen molar-refractivity contribution in [1.82, 2.24) is 0 Å². The molecule has 0 atom stereocenters. The van der Waals surface area contributed by atoms with Crippen LogP contribution in [0.15, 0.2) is 142 Å². The highest BCUT2D eigenvalue weighted by Gasteiger charge is 2.10. The predicted octanol–water partition coefficient (Wildman–Crippen LogP) is 10.5. The SMILES string of the molecule is Brc1ccc2c(C#Cc3ccc(-c4ccccc4)cc3)c(Br)ccc2c1C#Cc1ccc(-c2ccccc2)cc1. The molecule has 0 saturated heterocycles. The number of hydrogen-bond donors (Lipinski definition) is 0. The quantitative estimate of drug-likeness (QED) is 0.166. The van der Waals surface area contributed by atoms with Crippen LogP contribution in [0.1, 0.15) is 22.3 Å². The molecule has 6 rings (SSSR count). The average Bonchev–Trinajstić information content (AvgIpc) is 3.01. The molecule has 188 valence electrons. The van der Waals surface area contributed by atoms with E-state index in [1.54, 1.807) is 0 Å². The van der Waals surface area contributed by atoms with Gasteiger partial charge in [0.15, 0.2) is 0 Å². The third kappa shape index (κ3) is 5.66. The van der Waals surface area contributed by atoms with Crippen LogP contribution in [0.2, 0.25) is 0 Å². The van der Waals surface area contributed by atoms with E-state index < -0.39 is 0 Å². The lowest BCUT2D eigenvalue weighted by atomic mass is 9.99. The van der Waals surface area contributed by atoms with Crippen molar-refractivity contribution in [1.29, 1.82) is 0 Å². The first-order chi connectivity index (χ1) is 19.7. The van der Waals surface area contributed by atoms with Crippen molar-refractivity contribution in [2.24, 2.45) is 0 Å². The Bertz CT molecular complexity index is 1780. The standard InChI is InChI=1S/C38H22Br2/c39-37-25-24-34-33(35(37)21-15-27-11-17-31(18-12-27)29-7-3-1-4-8-29)23-26-38(40)36(34)22-16-28-13-19-32(20-14-28)30-9-5-2-6-10-30/h1-14,17-20,23-26H. The van der Waals surface area contributed by atoms with Crippen molar-refractivity contribution in [2.45, 2.75) is 0 Å². The molecule has 0 unspecified atom stereocenters. The van der Waals surface area contributed by atoms with Gasteiger partial charge < -0.3 is 0 Å². The Hall–Kier alpha value is -4.34. The number of rotatable bonds is 2. The van der Waals surface area contributed by atoms with Crippen LogP contribution in [0.4, 0.5) is 0 Å². The van der Waals surface area contributed by atoms with Crippen molar-refractivity contribution in [3.63, 3.8) is 0 Å². The molecule has 0 amide bonds. The van der Waals surface area contributed by atoms with Gasteiger partial charge in [0.2, 0.25) is 0 Å². The Morgan fingerprint density at radius 2 is 0.675 bits per heavy atom. The van der Waals surface area contributed by atoms with E-state index in [9.17, 15) is 0 Å². The summed E-state index contributed by atoms with van der Waals surface area (Å²) in [5.74, 6) is 13.5. The Kier molecular flexibility index (Phi) is 7.65. The second kappa shape index (κ2) is 11.8. The number of benzene rings is 6. The molecule has 40 heavy (non-hydrogen) atoms. The number of hydrogen-bond acceptors (Lipinski definition) is 0. The Labute approximate surface area is 252 Å². The molecule has 0 fully saturated rings. The fraction of sp³-hybridized carbons (Fsp3) is 0. The van der Waals surface area contributed by atoms with E-state index >= 15 is 0 Å². The second-order valence-electron chi connectivity index (χ2n) is 9.33. The van der Waals surface area contributed by atoms with Crippen molar-refractivity contribution >= 4 is 42.6 Å². The van der Waals surface area contributed by atoms with Gasteiger partial charge in [0.1, 0.15) is 0 Å². The summed E-state index contributed by atoms with van der Waals surface area (Å²) >= 11 is 7.46. The van der Waals surface area contributed by atoms with E-state index in [4.69, 9.17) is 0 Å². The van der Waals surface area contributed by atoms with Crippen LogP contribution in [-0.4, -0.2) is 0 Å². The molecule has 0 heterocycles. The fourth-order valence-electron chi connectivity index (χ4n) is 4.63. The van der Waals surface area contributed by atoms with Crippen molar-refractivity contribution < 1.29 is 0 Å². The Balaban J connectivity index is 1.32. The summed E-state index contributed by atoms with van der Waals surface area (Å²) < 4.78 is 1.93. The molecule has 0 N–H and O–H groups in total. The van der Waals surface area contributed by atoms with Crippen molar-refractivity contribution in [3.05, 3.63) is 165 Å².